The maximum absolute atomic E-state index is 15.1. The number of amides is 6. The molecule has 1 fully saturated rings. The molecule has 1 aliphatic rings. The molecule has 0 saturated carbocycles. The predicted octanol–water partition coefficient (Wildman–Crippen LogP) is 3.77. The van der Waals surface area contributed by atoms with Crippen molar-refractivity contribution < 1.29 is 62.2 Å². The molecule has 2 heterocycles. The molecule has 17 nitrogen and oxygen atoms in total. The summed E-state index contributed by atoms with van der Waals surface area (Å²) in [5.41, 5.74) is 0.814. The molecule has 4 atom stereocenters. The fraction of sp³-hybridized carbons (Fsp3) is 0.467. The summed E-state index contributed by atoms with van der Waals surface area (Å²) in [5, 5.41) is 28.2. The first-order valence-corrected chi connectivity index (χ1v) is 20.9. The van der Waals surface area contributed by atoms with Crippen molar-refractivity contribution in [2.75, 3.05) is 13.2 Å². The maximum atomic E-state index is 15.1. The predicted molar refractivity (Wildman–Crippen MR) is 226 cm³/mol. The van der Waals surface area contributed by atoms with Gasteiger partial charge in [-0.05, 0) is 60.9 Å². The smallest absolute Gasteiger partial charge is 0.333 e. The van der Waals surface area contributed by atoms with Gasteiger partial charge in [0.05, 0.1) is 6.04 Å². The quantitative estimate of drug-likeness (QED) is 0.0966. The first kappa shape index (κ1) is 50.1. The van der Waals surface area contributed by atoms with E-state index in [0.29, 0.717) is 16.3 Å². The molecule has 346 valence electrons. The van der Waals surface area contributed by atoms with Crippen LogP contribution in [0.1, 0.15) is 97.4 Å². The van der Waals surface area contributed by atoms with Crippen LogP contribution in [-0.4, -0.2) is 103 Å². The lowest BCUT2D eigenvalue weighted by atomic mass is 9.82. The second-order valence-electron chi connectivity index (χ2n) is 17.0. The Morgan fingerprint density at radius 3 is 2.12 bits per heavy atom. The second kappa shape index (κ2) is 22.2. The molecule has 1 aromatic heterocycles. The number of aliphatic carboxylic acids is 1. The zero-order valence-corrected chi connectivity index (χ0v) is 36.7. The number of carboxylic acid groups (broad SMARTS) is 1. The largest absolute Gasteiger partial charge is 0.480 e. The Morgan fingerprint density at radius 2 is 1.53 bits per heavy atom. The zero-order valence-electron chi connectivity index (χ0n) is 36.7. The third-order valence-electron chi connectivity index (χ3n) is 10.5. The Kier molecular flexibility index (Phi) is 17.4. The van der Waals surface area contributed by atoms with Crippen molar-refractivity contribution in [3.8, 4) is 11.1 Å². The van der Waals surface area contributed by atoms with Gasteiger partial charge in [-0.1, -0.05) is 65.0 Å². The van der Waals surface area contributed by atoms with E-state index in [9.17, 15) is 53.0 Å². The van der Waals surface area contributed by atoms with Gasteiger partial charge in [-0.3, -0.25) is 28.8 Å². The average molecular weight is 895 g/mol. The molecule has 0 bridgehead atoms. The lowest BCUT2D eigenvalue weighted by Gasteiger charge is -2.41. The molecule has 6 amide bonds. The van der Waals surface area contributed by atoms with Crippen LogP contribution in [0.3, 0.4) is 0 Å². The highest BCUT2D eigenvalue weighted by atomic mass is 19.1. The summed E-state index contributed by atoms with van der Waals surface area (Å²) in [4.78, 5) is 107. The van der Waals surface area contributed by atoms with E-state index in [-0.39, 0.29) is 57.2 Å². The Hall–Kier alpha value is -6.50. The fourth-order valence-electron chi connectivity index (χ4n) is 7.27. The van der Waals surface area contributed by atoms with Gasteiger partial charge in [-0.2, -0.15) is 0 Å². The van der Waals surface area contributed by atoms with Crippen LogP contribution < -0.4 is 16.0 Å². The molecule has 2 aromatic carbocycles. The van der Waals surface area contributed by atoms with Gasteiger partial charge in [0.2, 0.25) is 23.6 Å². The molecular formula is C45H56F2N6O11. The van der Waals surface area contributed by atoms with Crippen LogP contribution >= 0.6 is 0 Å². The van der Waals surface area contributed by atoms with Crippen LogP contribution in [-0.2, 0) is 49.7 Å². The van der Waals surface area contributed by atoms with Gasteiger partial charge in [0.25, 0.3) is 11.8 Å². The van der Waals surface area contributed by atoms with E-state index in [2.05, 4.69) is 16.0 Å². The molecule has 0 spiro atoms. The first-order valence-electron chi connectivity index (χ1n) is 20.9. The highest BCUT2D eigenvalue weighted by Gasteiger charge is 2.38. The summed E-state index contributed by atoms with van der Waals surface area (Å²) >= 11 is 0. The van der Waals surface area contributed by atoms with Crippen molar-refractivity contribution in [3.63, 3.8) is 0 Å². The molecular weight excluding hydrogens is 839 g/mol. The normalized spacial score (nSPS) is 14.7. The molecule has 19 heteroatoms. The number of imide groups is 1. The molecule has 0 aliphatic carbocycles. The average Bonchev–Trinajstić information content (AvgIpc) is 3.78. The number of nitrogens with zero attached hydrogens (tertiary/aromatic N) is 3. The van der Waals surface area contributed by atoms with Gasteiger partial charge >= 0.3 is 11.9 Å². The van der Waals surface area contributed by atoms with Crippen molar-refractivity contribution in [2.45, 2.75) is 111 Å². The number of aromatic nitrogens is 1. The minimum atomic E-state index is -1.59. The number of carbonyl (C=O) groups excluding carboxylic acids is 7. The van der Waals surface area contributed by atoms with Crippen molar-refractivity contribution >= 4 is 47.4 Å². The minimum Gasteiger partial charge on any atom is -0.480 e. The zero-order chi connectivity index (χ0) is 47.5. The fourth-order valence-corrected chi connectivity index (χ4v) is 7.27. The number of benzene rings is 2. The molecule has 64 heavy (non-hydrogen) atoms. The van der Waals surface area contributed by atoms with Crippen LogP contribution in [0.25, 0.3) is 11.1 Å². The van der Waals surface area contributed by atoms with Crippen molar-refractivity contribution in [1.29, 1.82) is 0 Å². The first-order chi connectivity index (χ1) is 30.1. The van der Waals surface area contributed by atoms with Crippen LogP contribution in [0.15, 0.2) is 60.8 Å². The molecule has 1 aliphatic heterocycles. The lowest BCUT2D eigenvalue weighted by molar-refractivity contribution is -0.197. The second-order valence-corrected chi connectivity index (χ2v) is 17.0. The van der Waals surface area contributed by atoms with E-state index in [1.807, 2.05) is 51.1 Å². The minimum absolute atomic E-state index is 0.0227. The number of rotatable bonds is 21. The summed E-state index contributed by atoms with van der Waals surface area (Å²) < 4.78 is 31.3. The molecule has 4 rings (SSSR count). The number of aliphatic hydroxyl groups excluding tert-OH is 1. The van der Waals surface area contributed by atoms with Crippen LogP contribution in [0.5, 0.6) is 0 Å². The maximum Gasteiger partial charge on any atom is 0.333 e. The van der Waals surface area contributed by atoms with Gasteiger partial charge in [0.1, 0.15) is 36.4 Å². The summed E-state index contributed by atoms with van der Waals surface area (Å²) in [7, 11) is 0. The van der Waals surface area contributed by atoms with Gasteiger partial charge in [0.15, 0.2) is 0 Å². The van der Waals surface area contributed by atoms with E-state index in [1.54, 1.807) is 30.7 Å². The van der Waals surface area contributed by atoms with Crippen LogP contribution in [0, 0.1) is 23.0 Å². The molecule has 5 N–H and O–H groups in total. The van der Waals surface area contributed by atoms with E-state index in [0.717, 1.165) is 23.8 Å². The third kappa shape index (κ3) is 13.5. The lowest BCUT2D eigenvalue weighted by Crippen LogP contribution is -2.56. The van der Waals surface area contributed by atoms with E-state index in [1.165, 1.54) is 11.8 Å². The number of hydrogen-bond acceptors (Lipinski definition) is 10. The third-order valence-corrected chi connectivity index (χ3v) is 10.5. The summed E-state index contributed by atoms with van der Waals surface area (Å²) in [6, 6.07) is 9.02. The highest BCUT2D eigenvalue weighted by molar-refractivity contribution is 6.01. The summed E-state index contributed by atoms with van der Waals surface area (Å²) in [6.07, 6.45) is 0.591. The van der Waals surface area contributed by atoms with E-state index in [4.69, 9.17) is 4.84 Å². The van der Waals surface area contributed by atoms with Crippen molar-refractivity contribution in [3.05, 3.63) is 83.7 Å². The number of halogens is 2. The molecule has 0 radical (unpaired) electrons. The monoisotopic (exact) mass is 894 g/mol. The van der Waals surface area contributed by atoms with Crippen LogP contribution in [0.4, 0.5) is 8.78 Å². The molecule has 1 unspecified atom stereocenters. The summed E-state index contributed by atoms with van der Waals surface area (Å²) in [6.45, 7) is 9.07. The molecule has 3 aromatic rings. The van der Waals surface area contributed by atoms with Crippen LogP contribution in [0.2, 0.25) is 0 Å². The number of carboxylic acids is 1. The highest BCUT2D eigenvalue weighted by Crippen LogP contribution is 2.41. The van der Waals surface area contributed by atoms with E-state index < -0.39 is 101 Å². The number of hydrogen-bond donors (Lipinski definition) is 5. The van der Waals surface area contributed by atoms with Gasteiger partial charge in [-0.25, -0.2) is 18.4 Å². The number of hydroxylamine groups is 2. The summed E-state index contributed by atoms with van der Waals surface area (Å²) in [5.74, 6) is -8.48. The van der Waals surface area contributed by atoms with Gasteiger partial charge < -0.3 is 40.5 Å². The number of carbonyl (C=O) groups is 8. The van der Waals surface area contributed by atoms with Crippen molar-refractivity contribution in [2.24, 2.45) is 11.3 Å². The Labute approximate surface area is 369 Å². The SMILES string of the molecule is CC(C)C(NC(=O)CCCC(=O)ON1C(=O)CCC1=O)C(=O)N[C@@H](C)C(=O)N[C@@H](CCN(C(=O)CO)[C@@H](c1cc(-c2cc(F)ccc2F)cn1Cc1ccccc1)C(C)(C)C)C(=O)O. The Morgan fingerprint density at radius 1 is 0.875 bits per heavy atom. The molecule has 1 saturated heterocycles. The number of nitrogens with one attached hydrogen (secondary N) is 3. The Bertz CT molecular complexity index is 2190. The van der Waals surface area contributed by atoms with Crippen molar-refractivity contribution in [1.82, 2.24) is 30.5 Å². The van der Waals surface area contributed by atoms with E-state index >= 15 is 4.39 Å². The Balaban J connectivity index is 1.47. The topological polar surface area (TPSA) is 234 Å². The van der Waals surface area contributed by atoms with Gasteiger partial charge in [-0.15, -0.1) is 5.06 Å². The van der Waals surface area contributed by atoms with Gasteiger partial charge in [0, 0.05) is 61.8 Å². The number of aliphatic hydroxyl groups is 1. The standard InChI is InChI=1S/C45H56F2N6O11/c1-26(2)40(50-35(55)13-10-14-39(59)64-53-36(56)17-18-37(53)57)43(61)48-27(3)42(60)49-33(44(62)63)19-20-52(38(58)25-54)41(45(4,5)6)34-21-29(31-22-30(46)15-16-32(31)47)24-51(34)23-28-11-8-7-9-12-28/h7-9,11-12,15-16,21-22,24,26-27,33,40-41,54H,10,13-14,17-20,23,25H2,1-6H3,(H,48,61)(H,49,60)(H,50,55)(H,62,63)/t27-,33-,40?,41-/m0/s1.